The van der Waals surface area contributed by atoms with Crippen molar-refractivity contribution >= 4 is 11.8 Å². The summed E-state index contributed by atoms with van der Waals surface area (Å²) in [6, 6.07) is 0. The molecule has 0 aromatic rings. The van der Waals surface area contributed by atoms with E-state index >= 15 is 0 Å². The molecule has 0 aliphatic rings. The van der Waals surface area contributed by atoms with Gasteiger partial charge in [0.15, 0.2) is 0 Å². The van der Waals surface area contributed by atoms with Gasteiger partial charge in [-0.1, -0.05) is 11.6 Å². The van der Waals surface area contributed by atoms with Crippen LogP contribution in [0, 0.1) is 0 Å². The fraction of sp³-hybridized carbons (Fsp3) is 0.667. The molecule has 0 atom stereocenters. The first-order valence-corrected chi connectivity index (χ1v) is 5.12. The molecule has 0 bridgehead atoms. The summed E-state index contributed by atoms with van der Waals surface area (Å²) in [5, 5.41) is 0. The predicted molar refractivity (Wildman–Crippen MR) is 59.5 cm³/mol. The number of allylic oxidation sites excluding steroid dienone is 2. The van der Waals surface area contributed by atoms with E-state index in [9.17, 15) is 9.59 Å². The van der Waals surface area contributed by atoms with Crippen LogP contribution in [-0.2, 0) is 14.3 Å². The first kappa shape index (κ1) is 13.9. The number of ketones is 1. The molecule has 86 valence electrons. The molecule has 0 spiro atoms. The number of ether oxygens (including phenoxy) is 1. The first-order valence-electron chi connectivity index (χ1n) is 5.12. The van der Waals surface area contributed by atoms with Gasteiger partial charge in [0.1, 0.15) is 5.60 Å². The molecule has 15 heavy (non-hydrogen) atoms. The summed E-state index contributed by atoms with van der Waals surface area (Å²) in [5.41, 5.74) is 0.551. The lowest BCUT2D eigenvalue weighted by atomic mass is 10.1. The Balaban J connectivity index is 4.02. The van der Waals surface area contributed by atoms with Gasteiger partial charge < -0.3 is 4.74 Å². The maximum atomic E-state index is 11.3. The fourth-order valence-corrected chi connectivity index (χ4v) is 0.929. The molecule has 0 aliphatic heterocycles. The summed E-state index contributed by atoms with van der Waals surface area (Å²) in [5.74, 6) is -1.19. The van der Waals surface area contributed by atoms with Crippen molar-refractivity contribution in [1.29, 1.82) is 0 Å². The summed E-state index contributed by atoms with van der Waals surface area (Å²) in [6.45, 7) is 9.15. The molecule has 3 nitrogen and oxygen atoms in total. The number of carbonyl (C=O) groups excluding carboxylic acids is 2. The van der Waals surface area contributed by atoms with Crippen LogP contribution in [0.15, 0.2) is 11.6 Å². The van der Waals surface area contributed by atoms with Crippen LogP contribution in [-0.4, -0.2) is 17.4 Å². The number of rotatable bonds is 4. The van der Waals surface area contributed by atoms with Gasteiger partial charge in [0.05, 0.1) is 0 Å². The van der Waals surface area contributed by atoms with Gasteiger partial charge in [0, 0.05) is 6.42 Å². The van der Waals surface area contributed by atoms with Crippen LogP contribution in [0.2, 0.25) is 0 Å². The van der Waals surface area contributed by atoms with E-state index in [2.05, 4.69) is 0 Å². The molecule has 0 N–H and O–H groups in total. The van der Waals surface area contributed by atoms with Gasteiger partial charge >= 0.3 is 5.97 Å². The molecule has 0 aromatic heterocycles. The molecule has 0 radical (unpaired) electrons. The highest BCUT2D eigenvalue weighted by Gasteiger charge is 2.21. The second-order valence-electron chi connectivity index (χ2n) is 4.75. The van der Waals surface area contributed by atoms with Crippen LogP contribution in [0.3, 0.4) is 0 Å². The average Bonchev–Trinajstić information content (AvgIpc) is 1.99. The minimum Gasteiger partial charge on any atom is -0.454 e. The third kappa shape index (κ3) is 7.91. The van der Waals surface area contributed by atoms with Crippen molar-refractivity contribution in [3.8, 4) is 0 Å². The third-order valence-electron chi connectivity index (χ3n) is 1.55. The number of hydrogen-bond acceptors (Lipinski definition) is 3. The molecule has 0 rings (SSSR count). The lowest BCUT2D eigenvalue weighted by Crippen LogP contribution is -2.28. The van der Waals surface area contributed by atoms with Gasteiger partial charge in [-0.05, 0) is 41.0 Å². The van der Waals surface area contributed by atoms with Gasteiger partial charge in [-0.3, -0.25) is 4.79 Å². The van der Waals surface area contributed by atoms with Crippen molar-refractivity contribution in [3.05, 3.63) is 11.6 Å². The average molecular weight is 212 g/mol. The van der Waals surface area contributed by atoms with E-state index in [1.165, 1.54) is 0 Å². The van der Waals surface area contributed by atoms with Crippen LogP contribution in [0.4, 0.5) is 0 Å². The monoisotopic (exact) mass is 212 g/mol. The minimum atomic E-state index is -0.732. The van der Waals surface area contributed by atoms with E-state index in [0.717, 1.165) is 5.57 Å². The normalized spacial score (nSPS) is 10.7. The SMILES string of the molecule is CC(C)=CCCC(=O)C(=O)OC(C)(C)C. The Morgan fingerprint density at radius 2 is 1.73 bits per heavy atom. The second-order valence-corrected chi connectivity index (χ2v) is 4.75. The van der Waals surface area contributed by atoms with Crippen molar-refractivity contribution in [2.45, 2.75) is 53.1 Å². The highest BCUT2D eigenvalue weighted by molar-refractivity contribution is 6.33. The Kier molecular flexibility index (Phi) is 5.26. The lowest BCUT2D eigenvalue weighted by Gasteiger charge is -2.18. The summed E-state index contributed by atoms with van der Waals surface area (Å²) < 4.78 is 4.95. The second kappa shape index (κ2) is 5.69. The van der Waals surface area contributed by atoms with Crippen molar-refractivity contribution < 1.29 is 14.3 Å². The Morgan fingerprint density at radius 3 is 2.13 bits per heavy atom. The number of carbonyl (C=O) groups is 2. The smallest absolute Gasteiger partial charge is 0.375 e. The van der Waals surface area contributed by atoms with E-state index in [1.54, 1.807) is 20.8 Å². The molecule has 0 heterocycles. The molecular weight excluding hydrogens is 192 g/mol. The molecule has 0 saturated carbocycles. The largest absolute Gasteiger partial charge is 0.454 e. The number of esters is 1. The zero-order valence-electron chi connectivity index (χ0n) is 10.2. The Hall–Kier alpha value is -1.12. The number of hydrogen-bond donors (Lipinski definition) is 0. The quantitative estimate of drug-likeness (QED) is 0.409. The van der Waals surface area contributed by atoms with E-state index < -0.39 is 17.4 Å². The molecule has 0 unspecified atom stereocenters. The van der Waals surface area contributed by atoms with Gasteiger partial charge in [0.25, 0.3) is 0 Å². The van der Waals surface area contributed by atoms with E-state index in [0.29, 0.717) is 6.42 Å². The maximum absolute atomic E-state index is 11.3. The zero-order valence-corrected chi connectivity index (χ0v) is 10.2. The predicted octanol–water partition coefficient (Wildman–Crippen LogP) is 2.64. The summed E-state index contributed by atoms with van der Waals surface area (Å²) >= 11 is 0. The van der Waals surface area contributed by atoms with Gasteiger partial charge in [0.2, 0.25) is 5.78 Å². The zero-order chi connectivity index (χ0) is 12.1. The molecule has 3 heteroatoms. The molecular formula is C12H20O3. The molecule has 0 aliphatic carbocycles. The molecule has 0 saturated heterocycles. The third-order valence-corrected chi connectivity index (χ3v) is 1.55. The maximum Gasteiger partial charge on any atom is 0.375 e. The highest BCUT2D eigenvalue weighted by Crippen LogP contribution is 2.08. The van der Waals surface area contributed by atoms with Crippen molar-refractivity contribution in [1.82, 2.24) is 0 Å². The van der Waals surface area contributed by atoms with Crippen LogP contribution < -0.4 is 0 Å². The summed E-state index contributed by atoms with van der Waals surface area (Å²) in [6.07, 6.45) is 2.75. The van der Waals surface area contributed by atoms with Crippen molar-refractivity contribution in [3.63, 3.8) is 0 Å². The Bertz CT molecular complexity index is 265. The Labute approximate surface area is 91.5 Å². The van der Waals surface area contributed by atoms with E-state index in [-0.39, 0.29) is 6.42 Å². The first-order chi connectivity index (χ1) is 6.72. The van der Waals surface area contributed by atoms with Crippen LogP contribution in [0.25, 0.3) is 0 Å². The summed E-state index contributed by atoms with van der Waals surface area (Å²) in [4.78, 5) is 22.5. The van der Waals surface area contributed by atoms with E-state index in [4.69, 9.17) is 4.74 Å². The van der Waals surface area contributed by atoms with Gasteiger partial charge in [-0.25, -0.2) is 4.79 Å². The fourth-order valence-electron chi connectivity index (χ4n) is 0.929. The van der Waals surface area contributed by atoms with Gasteiger partial charge in [-0.15, -0.1) is 0 Å². The topological polar surface area (TPSA) is 43.4 Å². The van der Waals surface area contributed by atoms with E-state index in [1.807, 2.05) is 19.9 Å². The standard InChI is InChI=1S/C12H20O3/c1-9(2)7-6-8-10(13)11(14)15-12(3,4)5/h7H,6,8H2,1-5H3. The lowest BCUT2D eigenvalue weighted by molar-refractivity contribution is -0.162. The van der Waals surface area contributed by atoms with Gasteiger partial charge in [-0.2, -0.15) is 0 Å². The van der Waals surface area contributed by atoms with Crippen molar-refractivity contribution in [2.75, 3.05) is 0 Å². The van der Waals surface area contributed by atoms with Crippen LogP contribution >= 0.6 is 0 Å². The van der Waals surface area contributed by atoms with Crippen LogP contribution in [0.1, 0.15) is 47.5 Å². The van der Waals surface area contributed by atoms with Crippen molar-refractivity contribution in [2.24, 2.45) is 0 Å². The Morgan fingerprint density at radius 1 is 1.20 bits per heavy atom. The molecule has 0 amide bonds. The number of Topliss-reactive ketones (excluding diaryl/α,β-unsaturated/α-hetero) is 1. The summed E-state index contributed by atoms with van der Waals surface area (Å²) in [7, 11) is 0. The molecule has 0 aromatic carbocycles. The highest BCUT2D eigenvalue weighted by atomic mass is 16.6. The van der Waals surface area contributed by atoms with Crippen LogP contribution in [0.5, 0.6) is 0 Å². The minimum absolute atomic E-state index is 0.222. The molecule has 0 fully saturated rings.